The molecule has 0 unspecified atom stereocenters. The third-order valence-electron chi connectivity index (χ3n) is 2.94. The van der Waals surface area contributed by atoms with Crippen LogP contribution in [0.1, 0.15) is 0 Å². The van der Waals surface area contributed by atoms with Crippen molar-refractivity contribution in [3.05, 3.63) is 48.5 Å². The molecule has 0 amide bonds. The highest BCUT2D eigenvalue weighted by molar-refractivity contribution is 7.92. The van der Waals surface area contributed by atoms with Gasteiger partial charge in [0.25, 0.3) is 0 Å². The van der Waals surface area contributed by atoms with Gasteiger partial charge in [-0.15, -0.1) is 0 Å². The number of benzene rings is 2. The van der Waals surface area contributed by atoms with E-state index >= 15 is 0 Å². The largest absolute Gasteiger partial charge is 0.284 e. The maximum absolute atomic E-state index is 12.5. The molecule has 0 radical (unpaired) electrons. The quantitative estimate of drug-likeness (QED) is 0.746. The summed E-state index contributed by atoms with van der Waals surface area (Å²) in [7, 11) is -10.7. The number of hydrogen-bond donors (Lipinski definition) is 2. The van der Waals surface area contributed by atoms with Gasteiger partial charge in [0, 0.05) is 11.4 Å². The fourth-order valence-electron chi connectivity index (χ4n) is 1.97. The van der Waals surface area contributed by atoms with Crippen LogP contribution in [0.15, 0.2) is 58.3 Å². The first kappa shape index (κ1) is 19.2. The fraction of sp³-hybridized carbons (Fsp3) is 0.143. The molecule has 2 rings (SSSR count). The smallest absolute Gasteiger partial charge is 0.229 e. The molecule has 0 aliphatic carbocycles. The Morgan fingerprint density at radius 1 is 0.560 bits per heavy atom. The van der Waals surface area contributed by atoms with Crippen LogP contribution < -0.4 is 9.44 Å². The second kappa shape index (κ2) is 6.65. The number of hydrogen-bond acceptors (Lipinski definition) is 6. The van der Waals surface area contributed by atoms with Crippen LogP contribution in [-0.2, 0) is 29.9 Å². The molecule has 0 bridgehead atoms. The van der Waals surface area contributed by atoms with E-state index in [1.807, 2.05) is 0 Å². The van der Waals surface area contributed by atoms with Crippen molar-refractivity contribution in [3.63, 3.8) is 0 Å². The van der Waals surface area contributed by atoms with Gasteiger partial charge in [0.2, 0.25) is 29.9 Å². The average molecular weight is 404 g/mol. The summed E-state index contributed by atoms with van der Waals surface area (Å²) in [5, 5.41) is 0. The zero-order valence-corrected chi connectivity index (χ0v) is 15.7. The van der Waals surface area contributed by atoms with E-state index in [1.54, 1.807) is 0 Å². The zero-order valence-electron chi connectivity index (χ0n) is 13.3. The van der Waals surface area contributed by atoms with Crippen LogP contribution in [-0.4, -0.2) is 37.8 Å². The summed E-state index contributed by atoms with van der Waals surface area (Å²) in [6, 6.07) is 10.5. The minimum Gasteiger partial charge on any atom is -0.284 e. The van der Waals surface area contributed by atoms with Gasteiger partial charge in [-0.1, -0.05) is 0 Å². The highest BCUT2D eigenvalue weighted by atomic mass is 32.2. The van der Waals surface area contributed by atoms with E-state index in [2.05, 4.69) is 9.44 Å². The molecule has 8 nitrogen and oxygen atoms in total. The van der Waals surface area contributed by atoms with Crippen molar-refractivity contribution in [2.45, 2.75) is 9.79 Å². The Labute approximate surface area is 146 Å². The Morgan fingerprint density at radius 3 is 1.08 bits per heavy atom. The molecular weight excluding hydrogens is 388 g/mol. The summed E-state index contributed by atoms with van der Waals surface area (Å²) in [4.78, 5) is -0.0363. The molecule has 0 aliphatic heterocycles. The monoisotopic (exact) mass is 404 g/mol. The Morgan fingerprint density at radius 2 is 0.840 bits per heavy atom. The van der Waals surface area contributed by atoms with Crippen molar-refractivity contribution in [2.24, 2.45) is 0 Å². The number of nitrogens with one attached hydrogen (secondary N) is 2. The topological polar surface area (TPSA) is 126 Å². The van der Waals surface area contributed by atoms with Crippen LogP contribution in [0.2, 0.25) is 0 Å². The molecule has 0 saturated carbocycles. The molecule has 2 aromatic rings. The number of anilines is 2. The number of rotatable bonds is 6. The van der Waals surface area contributed by atoms with E-state index in [-0.39, 0.29) is 21.2 Å². The molecule has 0 aliphatic rings. The Balaban J connectivity index is 2.29. The van der Waals surface area contributed by atoms with Crippen molar-refractivity contribution in [2.75, 3.05) is 22.0 Å². The number of sulfonamides is 2. The molecule has 2 N–H and O–H groups in total. The summed E-state index contributed by atoms with van der Waals surface area (Å²) in [6.45, 7) is 0. The standard InChI is InChI=1S/C14H16N2O6S3/c1-23(17,18)15-11-3-7-13(8-4-11)25(21,22)14-9-5-12(6-10-14)16-24(2,19)20/h3-10,15-16H,1-2H3. The number of sulfone groups is 1. The van der Waals surface area contributed by atoms with Gasteiger partial charge >= 0.3 is 0 Å². The second-order valence-electron chi connectivity index (χ2n) is 5.30. The van der Waals surface area contributed by atoms with Crippen molar-refractivity contribution in [1.82, 2.24) is 0 Å². The fourth-order valence-corrected chi connectivity index (χ4v) is 4.36. The lowest BCUT2D eigenvalue weighted by Crippen LogP contribution is -2.10. The minimum atomic E-state index is -3.81. The summed E-state index contributed by atoms with van der Waals surface area (Å²) < 4.78 is 74.2. The normalized spacial score (nSPS) is 12.6. The van der Waals surface area contributed by atoms with Crippen LogP contribution in [0.5, 0.6) is 0 Å². The van der Waals surface area contributed by atoms with E-state index < -0.39 is 29.9 Å². The Bertz CT molecular complexity index is 989. The second-order valence-corrected chi connectivity index (χ2v) is 10.7. The molecule has 25 heavy (non-hydrogen) atoms. The van der Waals surface area contributed by atoms with E-state index in [0.717, 1.165) is 12.5 Å². The van der Waals surface area contributed by atoms with Crippen molar-refractivity contribution < 1.29 is 25.3 Å². The maximum atomic E-state index is 12.5. The summed E-state index contributed by atoms with van der Waals surface area (Å²) in [5.74, 6) is 0. The van der Waals surface area contributed by atoms with Crippen LogP contribution in [0.25, 0.3) is 0 Å². The maximum Gasteiger partial charge on any atom is 0.229 e. The lowest BCUT2D eigenvalue weighted by atomic mass is 10.3. The van der Waals surface area contributed by atoms with Gasteiger partial charge in [0.15, 0.2) is 0 Å². The minimum absolute atomic E-state index is 0.0182. The van der Waals surface area contributed by atoms with Gasteiger partial charge in [-0.3, -0.25) is 9.44 Å². The molecule has 136 valence electrons. The molecule has 2 aromatic carbocycles. The molecule has 0 heterocycles. The van der Waals surface area contributed by atoms with Crippen LogP contribution in [0, 0.1) is 0 Å². The molecule has 0 fully saturated rings. The lowest BCUT2D eigenvalue weighted by molar-refractivity contribution is 0.596. The molecule has 0 aromatic heterocycles. The molecule has 0 spiro atoms. The Kier molecular flexibility index (Phi) is 5.11. The molecule has 0 atom stereocenters. The molecular formula is C14H16N2O6S3. The predicted molar refractivity (Wildman–Crippen MR) is 95.3 cm³/mol. The highest BCUT2D eigenvalue weighted by Gasteiger charge is 2.18. The van der Waals surface area contributed by atoms with Gasteiger partial charge in [0.1, 0.15) is 0 Å². The third kappa shape index (κ3) is 5.44. The average Bonchev–Trinajstić information content (AvgIpc) is 2.45. The summed E-state index contributed by atoms with van der Waals surface area (Å²) in [5.41, 5.74) is 0.489. The van der Waals surface area contributed by atoms with Crippen molar-refractivity contribution in [1.29, 1.82) is 0 Å². The van der Waals surface area contributed by atoms with Crippen LogP contribution >= 0.6 is 0 Å². The van der Waals surface area contributed by atoms with Gasteiger partial charge in [-0.2, -0.15) is 0 Å². The van der Waals surface area contributed by atoms with Gasteiger partial charge in [-0.05, 0) is 48.5 Å². The van der Waals surface area contributed by atoms with Gasteiger partial charge < -0.3 is 0 Å². The van der Waals surface area contributed by atoms with Crippen molar-refractivity contribution >= 4 is 41.3 Å². The summed E-state index contributed by atoms with van der Waals surface area (Å²) >= 11 is 0. The van der Waals surface area contributed by atoms with Gasteiger partial charge in [0.05, 0.1) is 22.3 Å². The summed E-state index contributed by atoms with van der Waals surface area (Å²) in [6.07, 6.45) is 1.98. The van der Waals surface area contributed by atoms with Crippen molar-refractivity contribution in [3.8, 4) is 0 Å². The first-order valence-corrected chi connectivity index (χ1v) is 12.0. The zero-order chi connectivity index (χ0) is 18.9. The van der Waals surface area contributed by atoms with E-state index in [9.17, 15) is 25.3 Å². The Hall–Kier alpha value is -2.11. The first-order valence-electron chi connectivity index (χ1n) is 6.78. The highest BCUT2D eigenvalue weighted by Crippen LogP contribution is 2.24. The van der Waals surface area contributed by atoms with E-state index in [1.165, 1.54) is 48.5 Å². The molecule has 0 saturated heterocycles. The predicted octanol–water partition coefficient (Wildman–Crippen LogP) is 1.26. The van der Waals surface area contributed by atoms with Gasteiger partial charge in [-0.25, -0.2) is 25.3 Å². The van der Waals surface area contributed by atoms with Crippen LogP contribution in [0.3, 0.4) is 0 Å². The van der Waals surface area contributed by atoms with E-state index in [0.29, 0.717) is 0 Å². The SMILES string of the molecule is CS(=O)(=O)Nc1ccc(S(=O)(=O)c2ccc(NS(C)(=O)=O)cc2)cc1. The lowest BCUT2D eigenvalue weighted by Gasteiger charge is -2.08. The first-order chi connectivity index (χ1) is 11.4. The molecule has 11 heteroatoms. The van der Waals surface area contributed by atoms with E-state index in [4.69, 9.17) is 0 Å². The van der Waals surface area contributed by atoms with Crippen LogP contribution in [0.4, 0.5) is 11.4 Å². The third-order valence-corrected chi connectivity index (χ3v) is 5.93.